The molecular formula is C16H25FN2O. The highest BCUT2D eigenvalue weighted by Gasteiger charge is 2.28. The summed E-state index contributed by atoms with van der Waals surface area (Å²) >= 11 is 0. The molecule has 0 spiro atoms. The number of nitrogens with zero attached hydrogens (tertiary/aromatic N) is 1. The van der Waals surface area contributed by atoms with Crippen LogP contribution >= 0.6 is 0 Å². The fourth-order valence-electron chi connectivity index (χ4n) is 2.82. The predicted molar refractivity (Wildman–Crippen MR) is 80.7 cm³/mol. The van der Waals surface area contributed by atoms with E-state index < -0.39 is 0 Å². The first kappa shape index (κ1) is 15.3. The number of halogens is 1. The molecule has 4 heteroatoms. The minimum absolute atomic E-state index is 0.132. The van der Waals surface area contributed by atoms with Crippen LogP contribution < -0.4 is 10.2 Å². The second kappa shape index (κ2) is 6.55. The van der Waals surface area contributed by atoms with Crippen molar-refractivity contribution in [2.75, 3.05) is 24.6 Å². The van der Waals surface area contributed by atoms with E-state index in [-0.39, 0.29) is 24.0 Å². The Morgan fingerprint density at radius 2 is 2.20 bits per heavy atom. The summed E-state index contributed by atoms with van der Waals surface area (Å²) in [5.74, 6) is -0.145. The second-order valence-electron chi connectivity index (χ2n) is 5.60. The minimum atomic E-state index is -0.145. The number of hydrogen-bond donors (Lipinski definition) is 1. The molecule has 1 aliphatic heterocycles. The molecule has 1 aromatic carbocycles. The largest absolute Gasteiger partial charge is 0.375 e. The van der Waals surface area contributed by atoms with E-state index in [4.69, 9.17) is 4.74 Å². The summed E-state index contributed by atoms with van der Waals surface area (Å²) < 4.78 is 20.1. The van der Waals surface area contributed by atoms with Crippen LogP contribution in [-0.4, -0.2) is 31.8 Å². The first-order valence-corrected chi connectivity index (χ1v) is 7.44. The molecule has 0 saturated carbocycles. The number of rotatable bonds is 4. The van der Waals surface area contributed by atoms with Crippen molar-refractivity contribution in [1.29, 1.82) is 0 Å². The molecule has 1 aromatic rings. The molecule has 0 amide bonds. The van der Waals surface area contributed by atoms with Crippen LogP contribution in [0.3, 0.4) is 0 Å². The number of benzene rings is 1. The van der Waals surface area contributed by atoms with Crippen molar-refractivity contribution < 1.29 is 9.13 Å². The van der Waals surface area contributed by atoms with Gasteiger partial charge >= 0.3 is 0 Å². The van der Waals surface area contributed by atoms with Crippen molar-refractivity contribution in [3.63, 3.8) is 0 Å². The van der Waals surface area contributed by atoms with Gasteiger partial charge in [0.1, 0.15) is 5.82 Å². The molecule has 3 nitrogen and oxygen atoms in total. The van der Waals surface area contributed by atoms with Gasteiger partial charge in [-0.2, -0.15) is 0 Å². The van der Waals surface area contributed by atoms with Crippen LogP contribution in [0.1, 0.15) is 39.3 Å². The fourth-order valence-corrected chi connectivity index (χ4v) is 2.82. The second-order valence-corrected chi connectivity index (χ2v) is 5.60. The van der Waals surface area contributed by atoms with Gasteiger partial charge in [0.2, 0.25) is 0 Å². The van der Waals surface area contributed by atoms with E-state index in [0.29, 0.717) is 6.61 Å². The van der Waals surface area contributed by atoms with Gasteiger partial charge in [-0.15, -0.1) is 0 Å². The van der Waals surface area contributed by atoms with Gasteiger partial charge in [-0.3, -0.25) is 0 Å². The van der Waals surface area contributed by atoms with E-state index in [1.54, 1.807) is 12.1 Å². The van der Waals surface area contributed by atoms with Gasteiger partial charge in [0.15, 0.2) is 0 Å². The Morgan fingerprint density at radius 1 is 1.45 bits per heavy atom. The van der Waals surface area contributed by atoms with E-state index in [1.165, 1.54) is 0 Å². The van der Waals surface area contributed by atoms with Crippen LogP contribution in [0.15, 0.2) is 18.2 Å². The molecule has 0 aromatic heterocycles. The van der Waals surface area contributed by atoms with Gasteiger partial charge in [-0.25, -0.2) is 4.39 Å². The third-order valence-electron chi connectivity index (χ3n) is 3.89. The van der Waals surface area contributed by atoms with Crippen LogP contribution in [0.2, 0.25) is 0 Å². The van der Waals surface area contributed by atoms with Crippen molar-refractivity contribution in [3.05, 3.63) is 29.6 Å². The topological polar surface area (TPSA) is 24.5 Å². The van der Waals surface area contributed by atoms with Gasteiger partial charge in [-0.05, 0) is 38.9 Å². The quantitative estimate of drug-likeness (QED) is 0.917. The summed E-state index contributed by atoms with van der Waals surface area (Å²) in [4.78, 5) is 2.15. The van der Waals surface area contributed by atoms with Crippen LogP contribution in [0, 0.1) is 5.82 Å². The molecule has 3 unspecified atom stereocenters. The van der Waals surface area contributed by atoms with Crippen molar-refractivity contribution in [1.82, 2.24) is 5.32 Å². The van der Waals surface area contributed by atoms with E-state index in [2.05, 4.69) is 31.0 Å². The van der Waals surface area contributed by atoms with Crippen molar-refractivity contribution in [2.24, 2.45) is 0 Å². The summed E-state index contributed by atoms with van der Waals surface area (Å²) in [6, 6.07) is 5.67. The number of hydrogen-bond acceptors (Lipinski definition) is 3. The number of anilines is 1. The van der Waals surface area contributed by atoms with Gasteiger partial charge in [0.05, 0.1) is 18.4 Å². The Bertz CT molecular complexity index is 452. The molecule has 0 bridgehead atoms. The molecule has 112 valence electrons. The van der Waals surface area contributed by atoms with Gasteiger partial charge in [-0.1, -0.05) is 19.1 Å². The average Bonchev–Trinajstić information content (AvgIpc) is 2.42. The summed E-state index contributed by atoms with van der Waals surface area (Å²) in [5.41, 5.74) is 1.75. The molecule has 2 rings (SSSR count). The maximum atomic E-state index is 14.4. The Morgan fingerprint density at radius 3 is 2.90 bits per heavy atom. The lowest BCUT2D eigenvalue weighted by Crippen LogP contribution is -2.48. The Hall–Kier alpha value is -1.13. The fraction of sp³-hybridized carbons (Fsp3) is 0.625. The van der Waals surface area contributed by atoms with Gasteiger partial charge in [0.25, 0.3) is 0 Å². The highest BCUT2D eigenvalue weighted by molar-refractivity contribution is 5.57. The zero-order valence-electron chi connectivity index (χ0n) is 12.8. The highest BCUT2D eigenvalue weighted by atomic mass is 19.1. The third kappa shape index (κ3) is 3.13. The zero-order chi connectivity index (χ0) is 14.7. The zero-order valence-corrected chi connectivity index (χ0v) is 12.8. The van der Waals surface area contributed by atoms with E-state index >= 15 is 0 Å². The van der Waals surface area contributed by atoms with Crippen molar-refractivity contribution in [2.45, 2.75) is 45.9 Å². The maximum absolute atomic E-state index is 14.4. The molecule has 0 aliphatic carbocycles. The lowest BCUT2D eigenvalue weighted by molar-refractivity contribution is 0.0340. The summed E-state index contributed by atoms with van der Waals surface area (Å²) in [6.07, 6.45) is 0.132. The molecule has 1 saturated heterocycles. The first-order valence-electron chi connectivity index (χ1n) is 7.44. The standard InChI is InChI=1S/C16H25FN2O/c1-5-18-13(4)14-7-6-8-15(17)16(14)19-9-12(3)20-10-11(19)2/h6-8,11-13,18H,5,9-10H2,1-4H3. The normalized spacial score (nSPS) is 24.8. The van der Waals surface area contributed by atoms with Gasteiger partial charge < -0.3 is 15.0 Å². The Balaban J connectivity index is 2.38. The molecule has 1 heterocycles. The Kier molecular flexibility index (Phi) is 5.00. The third-order valence-corrected chi connectivity index (χ3v) is 3.89. The molecule has 1 fully saturated rings. The van der Waals surface area contributed by atoms with Crippen LogP contribution in [0.5, 0.6) is 0 Å². The average molecular weight is 280 g/mol. The molecule has 1 N–H and O–H groups in total. The van der Waals surface area contributed by atoms with Gasteiger partial charge in [0, 0.05) is 18.6 Å². The lowest BCUT2D eigenvalue weighted by atomic mass is 10.0. The summed E-state index contributed by atoms with van der Waals surface area (Å²) in [7, 11) is 0. The predicted octanol–water partition coefficient (Wildman–Crippen LogP) is 3.11. The number of para-hydroxylation sites is 1. The van der Waals surface area contributed by atoms with Crippen molar-refractivity contribution >= 4 is 5.69 Å². The number of ether oxygens (including phenoxy) is 1. The molecule has 3 atom stereocenters. The molecule has 0 radical (unpaired) electrons. The Labute approximate surface area is 121 Å². The van der Waals surface area contributed by atoms with Crippen LogP contribution in [-0.2, 0) is 4.74 Å². The molecule has 20 heavy (non-hydrogen) atoms. The van der Waals surface area contributed by atoms with Crippen LogP contribution in [0.4, 0.5) is 10.1 Å². The number of morpholine rings is 1. The monoisotopic (exact) mass is 280 g/mol. The lowest BCUT2D eigenvalue weighted by Gasteiger charge is -2.40. The highest BCUT2D eigenvalue weighted by Crippen LogP contribution is 2.32. The van der Waals surface area contributed by atoms with E-state index in [9.17, 15) is 4.39 Å². The van der Waals surface area contributed by atoms with E-state index in [1.807, 2.05) is 13.0 Å². The number of nitrogens with one attached hydrogen (secondary N) is 1. The summed E-state index contributed by atoms with van der Waals surface area (Å²) in [5, 5.41) is 3.37. The first-order chi connectivity index (χ1) is 9.54. The SMILES string of the molecule is CCNC(C)c1cccc(F)c1N1CC(C)OCC1C. The maximum Gasteiger partial charge on any atom is 0.146 e. The van der Waals surface area contributed by atoms with Crippen LogP contribution in [0.25, 0.3) is 0 Å². The smallest absolute Gasteiger partial charge is 0.146 e. The summed E-state index contributed by atoms with van der Waals surface area (Å²) in [6.45, 7) is 10.5. The van der Waals surface area contributed by atoms with Crippen molar-refractivity contribution in [3.8, 4) is 0 Å². The van der Waals surface area contributed by atoms with E-state index in [0.717, 1.165) is 24.3 Å². The molecular weight excluding hydrogens is 255 g/mol. The molecule has 1 aliphatic rings. The minimum Gasteiger partial charge on any atom is -0.375 e.